The summed E-state index contributed by atoms with van der Waals surface area (Å²) < 4.78 is 0. The molecule has 1 saturated carbocycles. The fourth-order valence-corrected chi connectivity index (χ4v) is 4.21. The Kier molecular flexibility index (Phi) is 9.39. The van der Waals surface area contributed by atoms with Gasteiger partial charge in [0.25, 0.3) is 0 Å². The standard InChI is InChI=1S/C26H40O5/c1-25(2,23(28)29)15-9-5-3-7-11-20-13-14-22(27)21(19-20)12-8-4-6-10-16-26(17-18-26)24(30)31/h13-14,19,27H,3-12,15-18H2,1-2H3,(H,28,29)(H,30,31). The van der Waals surface area contributed by atoms with Crippen molar-refractivity contribution in [3.8, 4) is 5.75 Å². The van der Waals surface area contributed by atoms with Crippen molar-refractivity contribution in [3.05, 3.63) is 29.3 Å². The van der Waals surface area contributed by atoms with Crippen LogP contribution >= 0.6 is 0 Å². The molecule has 0 aromatic heterocycles. The molecule has 3 N–H and O–H groups in total. The van der Waals surface area contributed by atoms with Gasteiger partial charge in [-0.1, -0.05) is 50.7 Å². The first-order valence-corrected chi connectivity index (χ1v) is 11.9. The second-order valence-electron chi connectivity index (χ2n) is 10.1. The number of aliphatic carboxylic acids is 2. The van der Waals surface area contributed by atoms with E-state index in [2.05, 4.69) is 6.07 Å². The predicted octanol–water partition coefficient (Wildman–Crippen LogP) is 6.35. The van der Waals surface area contributed by atoms with Crippen LogP contribution in [0, 0.1) is 10.8 Å². The van der Waals surface area contributed by atoms with Gasteiger partial charge in [0, 0.05) is 0 Å². The number of phenolic OH excluding ortho intramolecular Hbond substituents is 1. The highest BCUT2D eigenvalue weighted by Gasteiger charge is 2.49. The van der Waals surface area contributed by atoms with Crippen LogP contribution in [0.15, 0.2) is 18.2 Å². The minimum absolute atomic E-state index is 0.363. The lowest BCUT2D eigenvalue weighted by Crippen LogP contribution is -2.23. The first kappa shape index (κ1) is 25.2. The van der Waals surface area contributed by atoms with Gasteiger partial charge in [0.05, 0.1) is 10.8 Å². The van der Waals surface area contributed by atoms with Crippen molar-refractivity contribution >= 4 is 11.9 Å². The van der Waals surface area contributed by atoms with E-state index in [1.165, 1.54) is 5.56 Å². The van der Waals surface area contributed by atoms with Crippen molar-refractivity contribution in [1.29, 1.82) is 0 Å². The Balaban J connectivity index is 1.61. The monoisotopic (exact) mass is 432 g/mol. The van der Waals surface area contributed by atoms with Gasteiger partial charge >= 0.3 is 11.9 Å². The molecule has 31 heavy (non-hydrogen) atoms. The summed E-state index contributed by atoms with van der Waals surface area (Å²) in [7, 11) is 0. The van der Waals surface area contributed by atoms with Crippen LogP contribution in [0.5, 0.6) is 5.75 Å². The Morgan fingerprint density at radius 1 is 0.903 bits per heavy atom. The highest BCUT2D eigenvalue weighted by atomic mass is 16.4. The van der Waals surface area contributed by atoms with Crippen molar-refractivity contribution in [2.75, 3.05) is 0 Å². The van der Waals surface area contributed by atoms with Crippen molar-refractivity contribution in [1.82, 2.24) is 0 Å². The molecule has 0 radical (unpaired) electrons. The fraction of sp³-hybridized carbons (Fsp3) is 0.692. The Bertz CT molecular complexity index is 733. The third-order valence-electron chi connectivity index (χ3n) is 6.90. The number of hydrogen-bond donors (Lipinski definition) is 3. The normalized spacial score (nSPS) is 15.0. The van der Waals surface area contributed by atoms with Crippen LogP contribution in [0.25, 0.3) is 0 Å². The van der Waals surface area contributed by atoms with E-state index in [-0.39, 0.29) is 0 Å². The topological polar surface area (TPSA) is 94.8 Å². The quantitative estimate of drug-likeness (QED) is 0.264. The van der Waals surface area contributed by atoms with Crippen LogP contribution in [0.3, 0.4) is 0 Å². The number of carboxylic acids is 2. The third-order valence-corrected chi connectivity index (χ3v) is 6.90. The summed E-state index contributed by atoms with van der Waals surface area (Å²) in [6.07, 6.45) is 13.3. The average Bonchev–Trinajstić information content (AvgIpc) is 3.50. The van der Waals surface area contributed by atoms with E-state index >= 15 is 0 Å². The number of aromatic hydroxyl groups is 1. The minimum atomic E-state index is -0.726. The summed E-state index contributed by atoms with van der Waals surface area (Å²) in [6, 6.07) is 5.91. The summed E-state index contributed by atoms with van der Waals surface area (Å²) in [6.45, 7) is 3.57. The molecule has 1 aromatic rings. The summed E-state index contributed by atoms with van der Waals surface area (Å²) in [5.41, 5.74) is 1.21. The number of rotatable bonds is 16. The van der Waals surface area contributed by atoms with E-state index < -0.39 is 22.8 Å². The van der Waals surface area contributed by atoms with Crippen LogP contribution in [0.2, 0.25) is 0 Å². The average molecular weight is 433 g/mol. The first-order chi connectivity index (χ1) is 14.7. The van der Waals surface area contributed by atoms with Crippen molar-refractivity contribution < 1.29 is 24.9 Å². The minimum Gasteiger partial charge on any atom is -0.508 e. The molecule has 0 unspecified atom stereocenters. The van der Waals surface area contributed by atoms with Crippen LogP contribution in [-0.2, 0) is 22.4 Å². The Morgan fingerprint density at radius 2 is 1.52 bits per heavy atom. The Hall–Kier alpha value is -2.04. The van der Waals surface area contributed by atoms with Gasteiger partial charge in [-0.25, -0.2) is 0 Å². The number of hydrogen-bond acceptors (Lipinski definition) is 3. The lowest BCUT2D eigenvalue weighted by Gasteiger charge is -2.18. The number of phenols is 1. The third kappa shape index (κ3) is 8.19. The highest BCUT2D eigenvalue weighted by Crippen LogP contribution is 2.50. The molecule has 174 valence electrons. The largest absolute Gasteiger partial charge is 0.508 e. The predicted molar refractivity (Wildman–Crippen MR) is 122 cm³/mol. The van der Waals surface area contributed by atoms with Crippen LogP contribution in [-0.4, -0.2) is 27.3 Å². The molecule has 0 spiro atoms. The van der Waals surface area contributed by atoms with Gasteiger partial charge in [0.2, 0.25) is 0 Å². The molecule has 5 nitrogen and oxygen atoms in total. The van der Waals surface area contributed by atoms with E-state index in [0.29, 0.717) is 12.2 Å². The maximum Gasteiger partial charge on any atom is 0.309 e. The summed E-state index contributed by atoms with van der Waals surface area (Å²) >= 11 is 0. The molecule has 1 aliphatic carbocycles. The SMILES string of the molecule is CC(C)(CCCCCCc1ccc(O)c(CCCCCCC2(C(=O)O)CC2)c1)C(=O)O. The zero-order valence-corrected chi connectivity index (χ0v) is 19.3. The van der Waals surface area contributed by atoms with Gasteiger partial charge in [0.1, 0.15) is 5.75 Å². The fourth-order valence-electron chi connectivity index (χ4n) is 4.21. The summed E-state index contributed by atoms with van der Waals surface area (Å²) in [4.78, 5) is 22.3. The summed E-state index contributed by atoms with van der Waals surface area (Å²) in [5, 5.41) is 28.5. The molecule has 2 rings (SSSR count). The maximum atomic E-state index is 11.2. The smallest absolute Gasteiger partial charge is 0.309 e. The van der Waals surface area contributed by atoms with E-state index in [0.717, 1.165) is 89.0 Å². The molecule has 0 aliphatic heterocycles. The second-order valence-corrected chi connectivity index (χ2v) is 10.1. The highest BCUT2D eigenvalue weighted by molar-refractivity contribution is 5.77. The van der Waals surface area contributed by atoms with E-state index in [4.69, 9.17) is 5.11 Å². The molecule has 5 heteroatoms. The molecule has 0 heterocycles. The zero-order valence-electron chi connectivity index (χ0n) is 19.3. The molecule has 1 aliphatic rings. The van der Waals surface area contributed by atoms with Gasteiger partial charge in [0.15, 0.2) is 0 Å². The molecular formula is C26H40O5. The van der Waals surface area contributed by atoms with E-state index in [9.17, 15) is 19.8 Å². The molecule has 1 aromatic carbocycles. The maximum absolute atomic E-state index is 11.2. The zero-order chi connectivity index (χ0) is 22.9. The van der Waals surface area contributed by atoms with Gasteiger partial charge in [-0.15, -0.1) is 0 Å². The van der Waals surface area contributed by atoms with Crippen LogP contribution < -0.4 is 0 Å². The molecule has 1 fully saturated rings. The number of carbonyl (C=O) groups is 2. The number of unbranched alkanes of at least 4 members (excludes halogenated alkanes) is 6. The van der Waals surface area contributed by atoms with Crippen LogP contribution in [0.4, 0.5) is 0 Å². The van der Waals surface area contributed by atoms with Gasteiger partial charge in [-0.2, -0.15) is 0 Å². The first-order valence-electron chi connectivity index (χ1n) is 11.9. The van der Waals surface area contributed by atoms with Crippen molar-refractivity contribution in [2.45, 2.75) is 104 Å². The van der Waals surface area contributed by atoms with E-state index in [1.807, 2.05) is 6.07 Å². The lowest BCUT2D eigenvalue weighted by molar-refractivity contribution is -0.147. The molecule has 0 amide bonds. The van der Waals surface area contributed by atoms with Gasteiger partial charge < -0.3 is 15.3 Å². The lowest BCUT2D eigenvalue weighted by atomic mass is 9.87. The molecule has 0 bridgehead atoms. The number of benzene rings is 1. The Labute approximate surface area is 186 Å². The molecular weight excluding hydrogens is 392 g/mol. The number of carboxylic acid groups (broad SMARTS) is 2. The Morgan fingerprint density at radius 3 is 2.13 bits per heavy atom. The summed E-state index contributed by atoms with van der Waals surface area (Å²) in [5.74, 6) is -0.989. The van der Waals surface area contributed by atoms with Crippen molar-refractivity contribution in [3.63, 3.8) is 0 Å². The molecule has 0 saturated heterocycles. The van der Waals surface area contributed by atoms with Crippen LogP contribution in [0.1, 0.15) is 102 Å². The number of aryl methyl sites for hydroxylation is 2. The van der Waals surface area contributed by atoms with Gasteiger partial charge in [-0.05, 0) is 82.4 Å². The van der Waals surface area contributed by atoms with Crippen molar-refractivity contribution in [2.24, 2.45) is 10.8 Å². The van der Waals surface area contributed by atoms with E-state index in [1.54, 1.807) is 19.9 Å². The van der Waals surface area contributed by atoms with Gasteiger partial charge in [-0.3, -0.25) is 9.59 Å². The second kappa shape index (κ2) is 11.5. The molecule has 0 atom stereocenters.